The normalized spacial score (nSPS) is 43.6. The summed E-state index contributed by atoms with van der Waals surface area (Å²) in [6.45, 7) is 9.36. The van der Waals surface area contributed by atoms with E-state index in [0.29, 0.717) is 17.8 Å². The minimum atomic E-state index is -4.81. The van der Waals surface area contributed by atoms with E-state index in [1.165, 1.54) is 12.8 Å². The molecule has 0 aromatic heterocycles. The fourth-order valence-electron chi connectivity index (χ4n) is 6.94. The Morgan fingerprint density at radius 1 is 1.18 bits per heavy atom. The third kappa shape index (κ3) is 3.87. The molecule has 160 valence electrons. The molecule has 0 unspecified atom stereocenters. The number of allylic oxidation sites excluding steroid dienone is 2. The van der Waals surface area contributed by atoms with Gasteiger partial charge in [-0.25, -0.2) is 0 Å². The fourth-order valence-corrected chi connectivity index (χ4v) is 6.94. The zero-order valence-corrected chi connectivity index (χ0v) is 17.7. The highest BCUT2D eigenvalue weighted by Crippen LogP contribution is 2.61. The lowest BCUT2D eigenvalue weighted by Gasteiger charge is -2.57. The van der Waals surface area contributed by atoms with Gasteiger partial charge in [-0.05, 0) is 72.5 Å². The lowest BCUT2D eigenvalue weighted by molar-refractivity contribution is -0.174. The first-order chi connectivity index (χ1) is 13.0. The summed E-state index contributed by atoms with van der Waals surface area (Å²) in [5.41, 5.74) is 0.211. The van der Waals surface area contributed by atoms with Crippen molar-refractivity contribution in [2.75, 3.05) is 6.54 Å². The van der Waals surface area contributed by atoms with Gasteiger partial charge in [0.25, 0.3) is 0 Å². The second kappa shape index (κ2) is 7.68. The second-order valence-electron chi connectivity index (χ2n) is 10.3. The maximum absolute atomic E-state index is 12.8. The summed E-state index contributed by atoms with van der Waals surface area (Å²) in [5, 5.41) is 2.26. The van der Waals surface area contributed by atoms with E-state index in [4.69, 9.17) is 0 Å². The maximum Gasteiger partial charge on any atom is 0.471 e. The Balaban J connectivity index is 1.86. The number of carbonyl (C=O) groups is 1. The van der Waals surface area contributed by atoms with Gasteiger partial charge in [-0.15, -0.1) is 0 Å². The van der Waals surface area contributed by atoms with Gasteiger partial charge in [0.1, 0.15) is 0 Å². The molecule has 0 bridgehead atoms. The van der Waals surface area contributed by atoms with E-state index in [9.17, 15) is 18.0 Å². The van der Waals surface area contributed by atoms with Crippen LogP contribution in [0.3, 0.4) is 0 Å². The van der Waals surface area contributed by atoms with E-state index in [1.54, 1.807) is 0 Å². The van der Waals surface area contributed by atoms with Crippen molar-refractivity contribution < 1.29 is 18.0 Å². The molecule has 0 heterocycles. The van der Waals surface area contributed by atoms with E-state index < -0.39 is 12.1 Å². The molecule has 3 aliphatic rings. The van der Waals surface area contributed by atoms with Gasteiger partial charge in [0, 0.05) is 6.54 Å². The Labute approximate surface area is 167 Å². The van der Waals surface area contributed by atoms with Crippen molar-refractivity contribution in [2.45, 2.75) is 78.8 Å². The molecule has 0 radical (unpaired) electrons. The number of alkyl halides is 3. The van der Waals surface area contributed by atoms with Crippen LogP contribution in [0, 0.1) is 40.4 Å². The second-order valence-corrected chi connectivity index (χ2v) is 10.3. The Morgan fingerprint density at radius 3 is 2.54 bits per heavy atom. The fraction of sp³-hybridized carbons (Fsp3) is 0.870. The Bertz CT molecular complexity index is 615. The lowest BCUT2D eigenvalue weighted by Crippen LogP contribution is -2.53. The van der Waals surface area contributed by atoms with Crippen LogP contribution >= 0.6 is 0 Å². The number of fused-ring (bicyclic) bond motifs is 1. The molecule has 7 atom stereocenters. The zero-order valence-electron chi connectivity index (χ0n) is 17.7. The van der Waals surface area contributed by atoms with Gasteiger partial charge in [0.05, 0.1) is 0 Å². The van der Waals surface area contributed by atoms with Crippen LogP contribution in [0.1, 0.15) is 72.6 Å². The van der Waals surface area contributed by atoms with Crippen molar-refractivity contribution in [3.05, 3.63) is 12.2 Å². The van der Waals surface area contributed by atoms with Crippen LogP contribution in [0.5, 0.6) is 0 Å². The molecular weight excluding hydrogens is 363 g/mol. The van der Waals surface area contributed by atoms with Crippen LogP contribution in [0.4, 0.5) is 13.2 Å². The molecule has 0 spiro atoms. The Hall–Kier alpha value is -1.00. The van der Waals surface area contributed by atoms with Crippen molar-refractivity contribution in [1.29, 1.82) is 0 Å². The predicted molar refractivity (Wildman–Crippen MR) is 106 cm³/mol. The monoisotopic (exact) mass is 399 g/mol. The molecule has 0 aromatic rings. The minimum Gasteiger partial charge on any atom is -0.348 e. The molecule has 1 N–H and O–H groups in total. The summed E-state index contributed by atoms with van der Waals surface area (Å²) in [6.07, 6.45) is 7.42. The number of hydrogen-bond acceptors (Lipinski definition) is 1. The maximum atomic E-state index is 12.8. The Morgan fingerprint density at radius 2 is 1.89 bits per heavy atom. The molecule has 2 saturated carbocycles. The van der Waals surface area contributed by atoms with E-state index in [1.807, 2.05) is 0 Å². The first-order valence-corrected chi connectivity index (χ1v) is 11.0. The number of hydrogen-bond donors (Lipinski definition) is 1. The molecule has 2 nitrogen and oxygen atoms in total. The molecule has 0 aromatic carbocycles. The number of carbonyl (C=O) groups excluding carboxylic acids is 1. The quantitative estimate of drug-likeness (QED) is 0.567. The van der Waals surface area contributed by atoms with Crippen molar-refractivity contribution in [3.63, 3.8) is 0 Å². The van der Waals surface area contributed by atoms with E-state index in [2.05, 4.69) is 45.2 Å². The highest BCUT2D eigenvalue weighted by Gasteiger charge is 2.54. The molecule has 5 heteroatoms. The molecule has 28 heavy (non-hydrogen) atoms. The summed E-state index contributed by atoms with van der Waals surface area (Å²) < 4.78 is 38.4. The van der Waals surface area contributed by atoms with Crippen molar-refractivity contribution in [1.82, 2.24) is 5.32 Å². The third-order valence-electron chi connectivity index (χ3n) is 8.65. The summed E-state index contributed by atoms with van der Waals surface area (Å²) in [6, 6.07) is 0. The van der Waals surface area contributed by atoms with Crippen LogP contribution in [-0.2, 0) is 4.79 Å². The van der Waals surface area contributed by atoms with Crippen LogP contribution in [-0.4, -0.2) is 18.6 Å². The average molecular weight is 400 g/mol. The van der Waals surface area contributed by atoms with Crippen molar-refractivity contribution in [2.24, 2.45) is 40.4 Å². The van der Waals surface area contributed by atoms with Gasteiger partial charge >= 0.3 is 12.1 Å². The highest BCUT2D eigenvalue weighted by atomic mass is 19.4. The smallest absolute Gasteiger partial charge is 0.348 e. The van der Waals surface area contributed by atoms with Crippen molar-refractivity contribution in [3.8, 4) is 0 Å². The lowest BCUT2D eigenvalue weighted by atomic mass is 9.48. The van der Waals surface area contributed by atoms with Gasteiger partial charge in [0.15, 0.2) is 0 Å². The van der Waals surface area contributed by atoms with Crippen molar-refractivity contribution >= 4 is 5.91 Å². The van der Waals surface area contributed by atoms with E-state index in [0.717, 1.165) is 38.0 Å². The molecule has 0 aliphatic heterocycles. The van der Waals surface area contributed by atoms with Gasteiger partial charge in [-0.3, -0.25) is 4.79 Å². The number of nitrogens with one attached hydrogen (secondary N) is 1. The number of amides is 1. The molecule has 0 saturated heterocycles. The standard InChI is InChI=1S/C23H36F3NO/c1-5-16-13-15(2)8-12-22(16,4)19-9-11-21(3)10-6-7-18(21)17(19)14-27-20(28)23(24,25)26/h6,10,15-19H,5,7-9,11-14H2,1-4H3,(H,27,28)/t15-,16-,17-,18-,19-,21-,22-/m0/s1. The number of rotatable bonds is 4. The zero-order chi connectivity index (χ0) is 20.7. The summed E-state index contributed by atoms with van der Waals surface area (Å²) in [5.74, 6) is 0.348. The van der Waals surface area contributed by atoms with Crippen LogP contribution in [0.25, 0.3) is 0 Å². The van der Waals surface area contributed by atoms with Crippen LogP contribution < -0.4 is 5.32 Å². The Kier molecular flexibility index (Phi) is 5.95. The first kappa shape index (κ1) is 21.7. The summed E-state index contributed by atoms with van der Waals surface area (Å²) in [7, 11) is 0. The SMILES string of the molecule is CC[C@H]1C[C@@H](C)CC[C@]1(C)[C@H]1CC[C@]2(C)C=CC[C@H]2[C@@H]1CNC(=O)C(F)(F)F. The third-order valence-corrected chi connectivity index (χ3v) is 8.65. The first-order valence-electron chi connectivity index (χ1n) is 11.0. The van der Waals surface area contributed by atoms with Gasteiger partial charge in [0.2, 0.25) is 0 Å². The average Bonchev–Trinajstić information content (AvgIpc) is 3.02. The predicted octanol–water partition coefficient (Wildman–Crippen LogP) is 6.13. The summed E-state index contributed by atoms with van der Waals surface area (Å²) >= 11 is 0. The highest BCUT2D eigenvalue weighted by molar-refractivity contribution is 5.81. The van der Waals surface area contributed by atoms with Gasteiger partial charge in [-0.1, -0.05) is 52.7 Å². The molecule has 1 amide bonds. The van der Waals surface area contributed by atoms with Gasteiger partial charge < -0.3 is 5.32 Å². The molecule has 3 aliphatic carbocycles. The molecule has 3 rings (SSSR count). The largest absolute Gasteiger partial charge is 0.471 e. The van der Waals surface area contributed by atoms with Crippen LogP contribution in [0.2, 0.25) is 0 Å². The topological polar surface area (TPSA) is 29.1 Å². The van der Waals surface area contributed by atoms with E-state index in [-0.39, 0.29) is 23.3 Å². The molecule has 2 fully saturated rings. The van der Waals surface area contributed by atoms with E-state index >= 15 is 0 Å². The number of halogens is 3. The summed E-state index contributed by atoms with van der Waals surface area (Å²) in [4.78, 5) is 11.6. The molecular formula is C23H36F3NO. The van der Waals surface area contributed by atoms with Crippen LogP contribution in [0.15, 0.2) is 12.2 Å². The minimum absolute atomic E-state index is 0.0597. The van der Waals surface area contributed by atoms with Gasteiger partial charge in [-0.2, -0.15) is 13.2 Å².